The highest BCUT2D eigenvalue weighted by Crippen LogP contribution is 2.51. The molecule has 2 atom stereocenters. The fraction of sp³-hybridized carbons (Fsp3) is 0.400. The number of fused-ring (bicyclic) bond motifs is 4. The van der Waals surface area contributed by atoms with Crippen LogP contribution < -0.4 is 0 Å². The Kier molecular flexibility index (Phi) is 5.60. The largest absolute Gasteiger partial charge is 0.460 e. The summed E-state index contributed by atoms with van der Waals surface area (Å²) >= 11 is 7.98. The van der Waals surface area contributed by atoms with Crippen molar-refractivity contribution in [2.45, 2.75) is 63.9 Å². The lowest BCUT2D eigenvalue weighted by molar-refractivity contribution is -0.155. The molecule has 6 nitrogen and oxygen atoms in total. The molecule has 0 N–H and O–H groups in total. The molecule has 3 aliphatic rings. The molecule has 0 radical (unpaired) electrons. The van der Waals surface area contributed by atoms with Crippen LogP contribution in [-0.4, -0.2) is 37.3 Å². The summed E-state index contributed by atoms with van der Waals surface area (Å²) in [4.78, 5) is 17.9. The summed E-state index contributed by atoms with van der Waals surface area (Å²) in [5, 5.41) is 10.6. The van der Waals surface area contributed by atoms with E-state index in [0.29, 0.717) is 16.1 Å². The standard InChI is InChI=1S/C25H25ClN4O2S/c1-14-5-10-19-17(11-14)21-22(15-6-8-16(26)9-7-15)28-18(12-20(31)32-25(2,3)4)23-29-27-13-30(23)24(21)33-19/h6-9,13,18-19H,5,10,12H2,1-4H3/t18-,19?/m0/s1. The number of ether oxygens (including phenoxy) is 1. The molecule has 0 amide bonds. The van der Waals surface area contributed by atoms with E-state index in [9.17, 15) is 4.79 Å². The van der Waals surface area contributed by atoms with Gasteiger partial charge in [0.15, 0.2) is 5.82 Å². The summed E-state index contributed by atoms with van der Waals surface area (Å²) in [6, 6.07) is 7.15. The molecule has 0 spiro atoms. The van der Waals surface area contributed by atoms with E-state index >= 15 is 0 Å². The maximum Gasteiger partial charge on any atom is 0.308 e. The first kappa shape index (κ1) is 22.2. The highest BCUT2D eigenvalue weighted by molar-refractivity contribution is 8.09. The van der Waals surface area contributed by atoms with E-state index in [1.165, 1.54) is 5.57 Å². The third kappa shape index (κ3) is 4.33. The summed E-state index contributed by atoms with van der Waals surface area (Å²) in [5.74, 6) is 0.325. The molecule has 2 aromatic rings. The van der Waals surface area contributed by atoms with E-state index in [2.05, 4.69) is 22.9 Å². The van der Waals surface area contributed by atoms with Crippen LogP contribution in [0.3, 0.4) is 0 Å². The second kappa shape index (κ2) is 8.32. The molecule has 0 bridgehead atoms. The van der Waals surface area contributed by atoms with Gasteiger partial charge in [-0.05, 0) is 58.2 Å². The van der Waals surface area contributed by atoms with Crippen molar-refractivity contribution < 1.29 is 9.53 Å². The number of allylic oxidation sites excluding steroid dienone is 1. The van der Waals surface area contributed by atoms with Gasteiger partial charge in [-0.15, -0.1) is 15.9 Å². The lowest BCUT2D eigenvalue weighted by Crippen LogP contribution is -2.25. The molecule has 170 valence electrons. The second-order valence-corrected chi connectivity index (χ2v) is 11.1. The number of nitrogens with zero attached hydrogens (tertiary/aromatic N) is 4. The Labute approximate surface area is 202 Å². The Morgan fingerprint density at radius 1 is 1.30 bits per heavy atom. The van der Waals surface area contributed by atoms with Gasteiger partial charge in [-0.2, -0.15) is 0 Å². The van der Waals surface area contributed by atoms with Gasteiger partial charge in [-0.1, -0.05) is 35.5 Å². The molecule has 0 saturated heterocycles. The van der Waals surface area contributed by atoms with Gasteiger partial charge in [0.2, 0.25) is 0 Å². The first-order valence-electron chi connectivity index (χ1n) is 11.0. The first-order chi connectivity index (χ1) is 15.7. The molecule has 1 aromatic heterocycles. The predicted octanol–water partition coefficient (Wildman–Crippen LogP) is 5.76. The zero-order valence-corrected chi connectivity index (χ0v) is 20.6. The molecule has 1 aromatic carbocycles. The lowest BCUT2D eigenvalue weighted by Gasteiger charge is -2.21. The van der Waals surface area contributed by atoms with Crippen molar-refractivity contribution in [3.8, 4) is 0 Å². The Bertz CT molecular complexity index is 1260. The number of carbonyl (C=O) groups is 1. The number of aromatic nitrogens is 3. The monoisotopic (exact) mass is 480 g/mol. The Morgan fingerprint density at radius 3 is 2.79 bits per heavy atom. The summed E-state index contributed by atoms with van der Waals surface area (Å²) in [5.41, 5.74) is 8.26. The second-order valence-electron chi connectivity index (χ2n) is 9.49. The average molecular weight is 481 g/mol. The third-order valence-corrected chi connectivity index (χ3v) is 7.33. The number of rotatable bonds is 3. The fourth-order valence-corrected chi connectivity index (χ4v) is 5.84. The van der Waals surface area contributed by atoms with Gasteiger partial charge in [0.25, 0.3) is 0 Å². The number of benzene rings is 1. The van der Waals surface area contributed by atoms with Crippen LogP contribution in [0.2, 0.25) is 5.02 Å². The highest BCUT2D eigenvalue weighted by atomic mass is 35.5. The Morgan fingerprint density at radius 2 is 2.06 bits per heavy atom. The number of halogens is 1. The lowest BCUT2D eigenvalue weighted by atomic mass is 9.89. The third-order valence-electron chi connectivity index (χ3n) is 5.70. The van der Waals surface area contributed by atoms with Gasteiger partial charge in [0.1, 0.15) is 18.0 Å². The topological polar surface area (TPSA) is 69.4 Å². The van der Waals surface area contributed by atoms with E-state index < -0.39 is 11.6 Å². The zero-order chi connectivity index (χ0) is 23.3. The SMILES string of the molecule is CC1=C=C2C3=C(SC2CC1)n1cnnc1[C@H](CC(=O)OC(C)(C)C)N=C3c1ccc(Cl)cc1. The summed E-state index contributed by atoms with van der Waals surface area (Å²) in [6.45, 7) is 7.71. The molecule has 0 fully saturated rings. The van der Waals surface area contributed by atoms with Crippen LogP contribution in [0.15, 0.2) is 58.0 Å². The van der Waals surface area contributed by atoms with Gasteiger partial charge < -0.3 is 4.74 Å². The van der Waals surface area contributed by atoms with Gasteiger partial charge in [-0.3, -0.25) is 14.4 Å². The van der Waals surface area contributed by atoms with Crippen LogP contribution in [0, 0.1) is 0 Å². The number of aliphatic imine (C=N–C) groups is 1. The van der Waals surface area contributed by atoms with Crippen molar-refractivity contribution in [2.24, 2.45) is 4.99 Å². The van der Waals surface area contributed by atoms with Crippen molar-refractivity contribution in [3.05, 3.63) is 69.5 Å². The Hall–Kier alpha value is -2.60. The number of carbonyl (C=O) groups excluding carboxylic acids is 1. The number of hydrogen-bond donors (Lipinski definition) is 0. The molecule has 33 heavy (non-hydrogen) atoms. The molecule has 1 aliphatic carbocycles. The van der Waals surface area contributed by atoms with E-state index in [-0.39, 0.29) is 12.4 Å². The molecule has 1 unspecified atom stereocenters. The highest BCUT2D eigenvalue weighted by Gasteiger charge is 2.40. The van der Waals surface area contributed by atoms with Crippen LogP contribution in [0.1, 0.15) is 64.4 Å². The van der Waals surface area contributed by atoms with Crippen molar-refractivity contribution in [3.63, 3.8) is 0 Å². The van der Waals surface area contributed by atoms with Crippen LogP contribution in [0.25, 0.3) is 5.03 Å². The van der Waals surface area contributed by atoms with Crippen LogP contribution >= 0.6 is 23.4 Å². The molecule has 2 aliphatic heterocycles. The predicted molar refractivity (Wildman–Crippen MR) is 131 cm³/mol. The maximum atomic E-state index is 12.8. The van der Waals surface area contributed by atoms with Crippen LogP contribution in [0.5, 0.6) is 0 Å². The van der Waals surface area contributed by atoms with E-state index in [4.69, 9.17) is 21.3 Å². The van der Waals surface area contributed by atoms with Gasteiger partial charge in [0, 0.05) is 27.0 Å². The minimum Gasteiger partial charge on any atom is -0.460 e. The number of esters is 1. The quantitative estimate of drug-likeness (QED) is 0.413. The van der Waals surface area contributed by atoms with Crippen LogP contribution in [-0.2, 0) is 9.53 Å². The number of thioether (sulfide) groups is 1. The van der Waals surface area contributed by atoms with Crippen molar-refractivity contribution in [1.29, 1.82) is 0 Å². The van der Waals surface area contributed by atoms with E-state index in [1.54, 1.807) is 18.1 Å². The van der Waals surface area contributed by atoms with Gasteiger partial charge >= 0.3 is 5.97 Å². The molecule has 3 heterocycles. The fourth-order valence-electron chi connectivity index (χ4n) is 4.33. The normalized spacial score (nSPS) is 21.9. The molecule has 5 rings (SSSR count). The molecule has 0 saturated carbocycles. The van der Waals surface area contributed by atoms with Crippen LogP contribution in [0.4, 0.5) is 0 Å². The average Bonchev–Trinajstić information content (AvgIpc) is 3.32. The molecular weight excluding hydrogens is 456 g/mol. The van der Waals surface area contributed by atoms with Gasteiger partial charge in [0.05, 0.1) is 17.2 Å². The maximum absolute atomic E-state index is 12.8. The van der Waals surface area contributed by atoms with Crippen molar-refractivity contribution in [1.82, 2.24) is 14.8 Å². The minimum absolute atomic E-state index is 0.0790. The summed E-state index contributed by atoms with van der Waals surface area (Å²) in [6.07, 6.45) is 3.88. The number of hydrogen-bond acceptors (Lipinski definition) is 6. The van der Waals surface area contributed by atoms with Crippen molar-refractivity contribution in [2.75, 3.05) is 0 Å². The Balaban J connectivity index is 1.68. The minimum atomic E-state index is -0.573. The van der Waals surface area contributed by atoms with E-state index in [0.717, 1.165) is 40.3 Å². The van der Waals surface area contributed by atoms with Crippen molar-refractivity contribution >= 4 is 40.1 Å². The first-order valence-corrected chi connectivity index (χ1v) is 12.3. The smallest absolute Gasteiger partial charge is 0.308 e. The zero-order valence-electron chi connectivity index (χ0n) is 19.1. The summed E-state index contributed by atoms with van der Waals surface area (Å²) < 4.78 is 7.59. The van der Waals surface area contributed by atoms with E-state index in [1.807, 2.05) is 49.6 Å². The summed E-state index contributed by atoms with van der Waals surface area (Å²) in [7, 11) is 0. The van der Waals surface area contributed by atoms with Gasteiger partial charge in [-0.25, -0.2) is 0 Å². The molecular formula is C25H25ClN4O2S. The molecule has 8 heteroatoms.